The molecule has 0 aliphatic carbocycles. The predicted octanol–water partition coefficient (Wildman–Crippen LogP) is 3.52. The van der Waals surface area contributed by atoms with Gasteiger partial charge in [0.15, 0.2) is 0 Å². The normalized spacial score (nSPS) is 10.3. The molecule has 1 aromatic carbocycles. The fourth-order valence-corrected chi connectivity index (χ4v) is 2.10. The Kier molecular flexibility index (Phi) is 2.82. The molecule has 76 valence electrons. The first-order valence-electron chi connectivity index (χ1n) is 4.72. The first-order chi connectivity index (χ1) is 7.20. The summed E-state index contributed by atoms with van der Waals surface area (Å²) in [7, 11) is 0. The highest BCUT2D eigenvalue weighted by Gasteiger charge is 2.09. The summed E-state index contributed by atoms with van der Waals surface area (Å²) < 4.78 is 0.933. The predicted molar refractivity (Wildman–Crippen MR) is 64.6 cm³/mol. The fraction of sp³-hybridized carbons (Fsp3) is 0.167. The number of halogens is 1. The van der Waals surface area contributed by atoms with Gasteiger partial charge in [-0.3, -0.25) is 0 Å². The summed E-state index contributed by atoms with van der Waals surface area (Å²) in [6, 6.07) is 6.25. The second-order valence-corrected chi connectivity index (χ2v) is 4.34. The van der Waals surface area contributed by atoms with Crippen molar-refractivity contribution in [3.05, 3.63) is 46.3 Å². The minimum absolute atomic E-state index is 0.933. The lowest BCUT2D eigenvalue weighted by atomic mass is 10.00. The number of nitrogens with zero attached hydrogens (tertiary/aromatic N) is 2. The van der Waals surface area contributed by atoms with Crippen LogP contribution in [0.15, 0.2) is 35.2 Å². The van der Waals surface area contributed by atoms with Crippen LogP contribution in [0.25, 0.3) is 11.3 Å². The summed E-state index contributed by atoms with van der Waals surface area (Å²) in [5.74, 6) is 0. The van der Waals surface area contributed by atoms with Crippen LogP contribution >= 0.6 is 15.9 Å². The highest BCUT2D eigenvalue weighted by Crippen LogP contribution is 2.30. The van der Waals surface area contributed by atoms with E-state index >= 15 is 0 Å². The summed E-state index contributed by atoms with van der Waals surface area (Å²) in [6.45, 7) is 4.19. The van der Waals surface area contributed by atoms with Gasteiger partial charge in [-0.15, -0.1) is 0 Å². The van der Waals surface area contributed by atoms with E-state index in [0.717, 1.165) is 10.2 Å². The van der Waals surface area contributed by atoms with E-state index in [-0.39, 0.29) is 0 Å². The molecule has 1 aromatic heterocycles. The zero-order valence-corrected chi connectivity index (χ0v) is 10.2. The molecule has 0 atom stereocenters. The minimum atomic E-state index is 0.933. The average molecular weight is 263 g/mol. The third-order valence-corrected chi connectivity index (χ3v) is 2.97. The van der Waals surface area contributed by atoms with Gasteiger partial charge in [-0.25, -0.2) is 9.97 Å². The van der Waals surface area contributed by atoms with Crippen LogP contribution in [0.5, 0.6) is 0 Å². The first kappa shape index (κ1) is 10.3. The Balaban J connectivity index is 2.69. The maximum atomic E-state index is 4.31. The first-order valence-corrected chi connectivity index (χ1v) is 5.51. The monoisotopic (exact) mass is 262 g/mol. The Hall–Kier alpha value is -1.22. The Morgan fingerprint density at radius 3 is 2.40 bits per heavy atom. The zero-order valence-electron chi connectivity index (χ0n) is 8.66. The van der Waals surface area contributed by atoms with Gasteiger partial charge in [0.25, 0.3) is 0 Å². The molecular formula is C12H11BrN2. The van der Waals surface area contributed by atoms with Crippen molar-refractivity contribution in [3.8, 4) is 11.3 Å². The quantitative estimate of drug-likeness (QED) is 0.786. The Labute approximate surface area is 97.5 Å². The van der Waals surface area contributed by atoms with E-state index in [1.54, 1.807) is 12.5 Å². The van der Waals surface area contributed by atoms with E-state index in [1.165, 1.54) is 16.7 Å². The largest absolute Gasteiger partial charge is 0.244 e. The van der Waals surface area contributed by atoms with Crippen LogP contribution in [0.3, 0.4) is 0 Å². The molecule has 3 heteroatoms. The third kappa shape index (κ3) is 1.92. The molecule has 1 heterocycles. The highest BCUT2D eigenvalue weighted by molar-refractivity contribution is 9.10. The van der Waals surface area contributed by atoms with Gasteiger partial charge in [-0.05, 0) is 40.9 Å². The molecule has 0 amide bonds. The van der Waals surface area contributed by atoms with Crippen LogP contribution in [-0.4, -0.2) is 9.97 Å². The summed E-state index contributed by atoms with van der Waals surface area (Å²) in [6.07, 6.45) is 3.35. The van der Waals surface area contributed by atoms with Crippen molar-refractivity contribution in [2.45, 2.75) is 13.8 Å². The molecule has 0 aliphatic heterocycles. The van der Waals surface area contributed by atoms with E-state index in [1.807, 2.05) is 0 Å². The lowest BCUT2D eigenvalue weighted by molar-refractivity contribution is 1.15. The van der Waals surface area contributed by atoms with Gasteiger partial charge in [0.2, 0.25) is 0 Å². The maximum absolute atomic E-state index is 4.31. The smallest absolute Gasteiger partial charge is 0.116 e. The van der Waals surface area contributed by atoms with Crippen molar-refractivity contribution in [3.63, 3.8) is 0 Å². The minimum Gasteiger partial charge on any atom is -0.244 e. The topological polar surface area (TPSA) is 25.8 Å². The fourth-order valence-electron chi connectivity index (χ4n) is 1.68. The Bertz CT molecular complexity index is 474. The Morgan fingerprint density at radius 2 is 1.80 bits per heavy atom. The van der Waals surface area contributed by atoms with Crippen molar-refractivity contribution in [1.29, 1.82) is 0 Å². The molecule has 0 unspecified atom stereocenters. The number of rotatable bonds is 1. The molecule has 0 bridgehead atoms. The van der Waals surface area contributed by atoms with Gasteiger partial charge in [-0.2, -0.15) is 0 Å². The lowest BCUT2D eigenvalue weighted by Gasteiger charge is -2.09. The van der Waals surface area contributed by atoms with E-state index in [0.29, 0.717) is 0 Å². The van der Waals surface area contributed by atoms with Crippen molar-refractivity contribution in [2.75, 3.05) is 0 Å². The molecule has 0 radical (unpaired) electrons. The molecule has 0 spiro atoms. The summed E-state index contributed by atoms with van der Waals surface area (Å²) >= 11 is 3.48. The number of aromatic nitrogens is 2. The van der Waals surface area contributed by atoms with Gasteiger partial charge >= 0.3 is 0 Å². The van der Waals surface area contributed by atoms with E-state index < -0.39 is 0 Å². The van der Waals surface area contributed by atoms with Crippen LogP contribution in [0, 0.1) is 13.8 Å². The van der Waals surface area contributed by atoms with Gasteiger partial charge in [0.05, 0.1) is 10.2 Å². The second-order valence-electron chi connectivity index (χ2n) is 3.49. The molecule has 0 N–H and O–H groups in total. The summed E-state index contributed by atoms with van der Waals surface area (Å²) in [5.41, 5.74) is 4.61. The van der Waals surface area contributed by atoms with E-state index in [9.17, 15) is 0 Å². The molecular weight excluding hydrogens is 252 g/mol. The number of aryl methyl sites for hydroxylation is 2. The van der Waals surface area contributed by atoms with Crippen molar-refractivity contribution < 1.29 is 0 Å². The van der Waals surface area contributed by atoms with Crippen molar-refractivity contribution in [1.82, 2.24) is 9.97 Å². The van der Waals surface area contributed by atoms with E-state index in [2.05, 4.69) is 57.9 Å². The van der Waals surface area contributed by atoms with Crippen molar-refractivity contribution in [2.24, 2.45) is 0 Å². The molecule has 0 aliphatic rings. The second kappa shape index (κ2) is 4.11. The lowest BCUT2D eigenvalue weighted by Crippen LogP contribution is -1.92. The molecule has 0 saturated carbocycles. The van der Waals surface area contributed by atoms with Crippen LogP contribution in [-0.2, 0) is 0 Å². The molecule has 2 nitrogen and oxygen atoms in total. The summed E-state index contributed by atoms with van der Waals surface area (Å²) in [4.78, 5) is 8.28. The van der Waals surface area contributed by atoms with Crippen LogP contribution in [0.1, 0.15) is 11.1 Å². The Morgan fingerprint density at radius 1 is 1.13 bits per heavy atom. The van der Waals surface area contributed by atoms with Crippen LogP contribution < -0.4 is 0 Å². The maximum Gasteiger partial charge on any atom is 0.116 e. The van der Waals surface area contributed by atoms with Gasteiger partial charge in [0, 0.05) is 11.8 Å². The zero-order chi connectivity index (χ0) is 10.8. The van der Waals surface area contributed by atoms with Gasteiger partial charge in [0.1, 0.15) is 6.33 Å². The average Bonchev–Trinajstić information content (AvgIpc) is 2.20. The molecule has 0 fully saturated rings. The number of benzene rings is 1. The van der Waals surface area contributed by atoms with E-state index in [4.69, 9.17) is 0 Å². The van der Waals surface area contributed by atoms with Crippen LogP contribution in [0.2, 0.25) is 0 Å². The highest BCUT2D eigenvalue weighted by atomic mass is 79.9. The SMILES string of the molecule is Cc1cccc(C)c1-c1ncncc1Br. The summed E-state index contributed by atoms with van der Waals surface area (Å²) in [5, 5.41) is 0. The number of hydrogen-bond acceptors (Lipinski definition) is 2. The van der Waals surface area contributed by atoms with Gasteiger partial charge in [-0.1, -0.05) is 18.2 Å². The van der Waals surface area contributed by atoms with Crippen LogP contribution in [0.4, 0.5) is 0 Å². The standard InChI is InChI=1S/C12H11BrN2/c1-8-4-3-5-9(2)11(8)12-10(13)6-14-7-15-12/h3-7H,1-2H3. The molecule has 2 aromatic rings. The molecule has 2 rings (SSSR count). The van der Waals surface area contributed by atoms with Gasteiger partial charge < -0.3 is 0 Å². The van der Waals surface area contributed by atoms with Crippen molar-refractivity contribution >= 4 is 15.9 Å². The number of hydrogen-bond donors (Lipinski definition) is 0. The molecule has 0 saturated heterocycles. The third-order valence-electron chi connectivity index (χ3n) is 2.39. The molecule has 15 heavy (non-hydrogen) atoms.